The number of benzene rings is 1. The van der Waals surface area contributed by atoms with Crippen molar-refractivity contribution in [2.75, 3.05) is 20.3 Å². The van der Waals surface area contributed by atoms with Gasteiger partial charge in [0.05, 0.1) is 6.61 Å². The Morgan fingerprint density at radius 3 is 2.44 bits per heavy atom. The van der Waals surface area contributed by atoms with Crippen molar-refractivity contribution < 1.29 is 13.2 Å². The van der Waals surface area contributed by atoms with Gasteiger partial charge in [0.1, 0.15) is 0 Å². The van der Waals surface area contributed by atoms with E-state index in [-0.39, 0.29) is 13.1 Å². The monoisotopic (exact) mass is 244 g/mol. The first-order valence-electron chi connectivity index (χ1n) is 4.85. The largest absolute Gasteiger partial charge is 0.383 e. The molecule has 16 heavy (non-hydrogen) atoms. The lowest BCUT2D eigenvalue weighted by molar-refractivity contribution is 0.177. The molecule has 1 aromatic rings. The van der Waals surface area contributed by atoms with Gasteiger partial charge >= 0.3 is 0 Å². The highest BCUT2D eigenvalue weighted by Crippen LogP contribution is 2.06. The van der Waals surface area contributed by atoms with Gasteiger partial charge in [-0.05, 0) is 5.56 Å². The Morgan fingerprint density at radius 2 is 1.94 bits per heavy atom. The summed E-state index contributed by atoms with van der Waals surface area (Å²) in [5.74, 6) is 0. The highest BCUT2D eigenvalue weighted by atomic mass is 32.2. The molecule has 0 bridgehead atoms. The fraction of sp³-hybridized carbons (Fsp3) is 0.400. The molecule has 2 N–H and O–H groups in total. The molecule has 0 saturated heterocycles. The van der Waals surface area contributed by atoms with Crippen LogP contribution in [0.3, 0.4) is 0 Å². The number of methoxy groups -OCH3 is 1. The predicted octanol–water partition coefficient (Wildman–Crippen LogP) is 0.339. The fourth-order valence-corrected chi connectivity index (χ4v) is 1.93. The number of nitrogens with two attached hydrogens (primary N) is 1. The Hall–Kier alpha value is -0.950. The van der Waals surface area contributed by atoms with Crippen molar-refractivity contribution in [3.05, 3.63) is 35.9 Å². The van der Waals surface area contributed by atoms with Crippen molar-refractivity contribution in [1.82, 2.24) is 4.31 Å². The van der Waals surface area contributed by atoms with E-state index in [0.29, 0.717) is 6.61 Å². The van der Waals surface area contributed by atoms with Crippen LogP contribution in [0, 0.1) is 0 Å². The van der Waals surface area contributed by atoms with E-state index in [1.807, 2.05) is 30.3 Å². The quantitative estimate of drug-likeness (QED) is 0.784. The molecule has 90 valence electrons. The van der Waals surface area contributed by atoms with Crippen LogP contribution in [0.5, 0.6) is 0 Å². The van der Waals surface area contributed by atoms with Gasteiger partial charge in [0.25, 0.3) is 10.2 Å². The first-order chi connectivity index (χ1) is 7.54. The number of nitrogens with zero attached hydrogens (tertiary/aromatic N) is 1. The first-order valence-corrected chi connectivity index (χ1v) is 6.35. The molecule has 0 amide bonds. The minimum atomic E-state index is -3.68. The molecule has 1 aromatic carbocycles. The molecule has 0 saturated carbocycles. The summed E-state index contributed by atoms with van der Waals surface area (Å²) in [6.45, 7) is 0.844. The van der Waals surface area contributed by atoms with Crippen molar-refractivity contribution >= 4 is 10.2 Å². The van der Waals surface area contributed by atoms with Crippen molar-refractivity contribution in [2.45, 2.75) is 6.54 Å². The van der Waals surface area contributed by atoms with E-state index in [1.54, 1.807) is 0 Å². The average Bonchev–Trinajstić information content (AvgIpc) is 2.24. The Balaban J connectivity index is 2.72. The molecule has 6 heteroatoms. The summed E-state index contributed by atoms with van der Waals surface area (Å²) in [6, 6.07) is 9.29. The summed E-state index contributed by atoms with van der Waals surface area (Å²) in [7, 11) is -2.16. The second-order valence-corrected chi connectivity index (χ2v) is 4.90. The maximum Gasteiger partial charge on any atom is 0.277 e. The van der Waals surface area contributed by atoms with E-state index < -0.39 is 10.2 Å². The average molecular weight is 244 g/mol. The van der Waals surface area contributed by atoms with Gasteiger partial charge in [-0.1, -0.05) is 30.3 Å². The van der Waals surface area contributed by atoms with Gasteiger partial charge in [0.2, 0.25) is 0 Å². The molecule has 0 radical (unpaired) electrons. The van der Waals surface area contributed by atoms with Crippen LogP contribution in [0.1, 0.15) is 5.56 Å². The van der Waals surface area contributed by atoms with Crippen LogP contribution in [0.25, 0.3) is 0 Å². The van der Waals surface area contributed by atoms with Crippen molar-refractivity contribution in [3.63, 3.8) is 0 Å². The molecule has 5 nitrogen and oxygen atoms in total. The minimum Gasteiger partial charge on any atom is -0.383 e. The van der Waals surface area contributed by atoms with E-state index in [2.05, 4.69) is 0 Å². The molecule has 1 rings (SSSR count). The summed E-state index contributed by atoms with van der Waals surface area (Å²) in [5, 5.41) is 5.11. The fourth-order valence-electron chi connectivity index (χ4n) is 1.28. The summed E-state index contributed by atoms with van der Waals surface area (Å²) in [6.07, 6.45) is 0. The number of hydrogen-bond acceptors (Lipinski definition) is 3. The van der Waals surface area contributed by atoms with E-state index in [9.17, 15) is 8.42 Å². The SMILES string of the molecule is COCCN(Cc1ccccc1)S(N)(=O)=O. The molecular formula is C10H16N2O3S. The van der Waals surface area contributed by atoms with Crippen LogP contribution in [0.2, 0.25) is 0 Å². The van der Waals surface area contributed by atoms with Gasteiger partial charge in [0.15, 0.2) is 0 Å². The Kier molecular flexibility index (Phi) is 4.88. The summed E-state index contributed by atoms with van der Waals surface area (Å²) in [5.41, 5.74) is 0.896. The van der Waals surface area contributed by atoms with E-state index in [4.69, 9.17) is 9.88 Å². The topological polar surface area (TPSA) is 72.6 Å². The van der Waals surface area contributed by atoms with Gasteiger partial charge in [-0.2, -0.15) is 12.7 Å². The Morgan fingerprint density at radius 1 is 1.31 bits per heavy atom. The lowest BCUT2D eigenvalue weighted by Gasteiger charge is -2.18. The molecule has 0 aromatic heterocycles. The van der Waals surface area contributed by atoms with Crippen LogP contribution in [-0.4, -0.2) is 33.0 Å². The molecule has 0 aliphatic carbocycles. The zero-order valence-electron chi connectivity index (χ0n) is 9.17. The minimum absolute atomic E-state index is 0.254. The third-order valence-electron chi connectivity index (χ3n) is 2.11. The Labute approximate surface area is 96.0 Å². The number of rotatable bonds is 6. The van der Waals surface area contributed by atoms with Crippen molar-refractivity contribution in [1.29, 1.82) is 0 Å². The molecule has 0 aliphatic heterocycles. The highest BCUT2D eigenvalue weighted by molar-refractivity contribution is 7.86. The van der Waals surface area contributed by atoms with Crippen LogP contribution < -0.4 is 5.14 Å². The van der Waals surface area contributed by atoms with Gasteiger partial charge in [0, 0.05) is 20.2 Å². The highest BCUT2D eigenvalue weighted by Gasteiger charge is 2.16. The van der Waals surface area contributed by atoms with E-state index in [0.717, 1.165) is 5.56 Å². The zero-order valence-corrected chi connectivity index (χ0v) is 9.98. The molecule has 0 atom stereocenters. The molecular weight excluding hydrogens is 228 g/mol. The third-order valence-corrected chi connectivity index (χ3v) is 3.14. The summed E-state index contributed by atoms with van der Waals surface area (Å²) in [4.78, 5) is 0. The standard InChI is InChI=1S/C10H16N2O3S/c1-15-8-7-12(16(11,13)14)9-10-5-3-2-4-6-10/h2-6H,7-9H2,1H3,(H2,11,13,14). The van der Waals surface area contributed by atoms with Gasteiger partial charge in [-0.25, -0.2) is 5.14 Å². The number of hydrogen-bond donors (Lipinski definition) is 1. The van der Waals surface area contributed by atoms with Crippen LogP contribution in [0.15, 0.2) is 30.3 Å². The van der Waals surface area contributed by atoms with Crippen molar-refractivity contribution in [2.24, 2.45) is 5.14 Å². The smallest absolute Gasteiger partial charge is 0.277 e. The van der Waals surface area contributed by atoms with E-state index >= 15 is 0 Å². The van der Waals surface area contributed by atoms with Crippen LogP contribution in [-0.2, 0) is 21.5 Å². The third kappa shape index (κ3) is 4.28. The molecule has 0 aliphatic rings. The molecule has 0 heterocycles. The van der Waals surface area contributed by atoms with E-state index in [1.165, 1.54) is 11.4 Å². The molecule has 0 fully saturated rings. The molecule has 0 unspecified atom stereocenters. The predicted molar refractivity (Wildman–Crippen MR) is 61.8 cm³/mol. The lowest BCUT2D eigenvalue weighted by atomic mass is 10.2. The zero-order chi connectivity index (χ0) is 12.0. The Bertz CT molecular complexity index is 405. The maximum absolute atomic E-state index is 11.3. The second-order valence-electron chi connectivity index (χ2n) is 3.36. The van der Waals surface area contributed by atoms with Crippen LogP contribution in [0.4, 0.5) is 0 Å². The summed E-state index contributed by atoms with van der Waals surface area (Å²) < 4.78 is 28.6. The summed E-state index contributed by atoms with van der Waals surface area (Å²) >= 11 is 0. The van der Waals surface area contributed by atoms with Gasteiger partial charge in [-0.15, -0.1) is 0 Å². The van der Waals surface area contributed by atoms with Crippen molar-refractivity contribution in [3.8, 4) is 0 Å². The first kappa shape index (κ1) is 13.1. The second kappa shape index (κ2) is 5.95. The molecule has 0 spiro atoms. The van der Waals surface area contributed by atoms with Gasteiger partial charge < -0.3 is 4.74 Å². The maximum atomic E-state index is 11.3. The van der Waals surface area contributed by atoms with Gasteiger partial charge in [-0.3, -0.25) is 0 Å². The number of ether oxygens (including phenoxy) is 1. The van der Waals surface area contributed by atoms with Crippen LogP contribution >= 0.6 is 0 Å². The normalized spacial score (nSPS) is 11.9. The lowest BCUT2D eigenvalue weighted by Crippen LogP contribution is -2.38.